The zero-order chi connectivity index (χ0) is 16.5. The first kappa shape index (κ1) is 18.2. The van der Waals surface area contributed by atoms with Crippen LogP contribution in [-0.2, 0) is 19.7 Å². The number of halogens is 1. The van der Waals surface area contributed by atoms with Crippen molar-refractivity contribution in [2.24, 2.45) is 0 Å². The third kappa shape index (κ3) is 5.46. The Balaban J connectivity index is 1.93. The maximum Gasteiger partial charge on any atom is 0.233 e. The predicted octanol–water partition coefficient (Wildman–Crippen LogP) is 1.74. The fourth-order valence-corrected chi connectivity index (χ4v) is 2.97. The number of methoxy groups -OCH3 is 1. The van der Waals surface area contributed by atoms with E-state index in [2.05, 4.69) is 22.8 Å². The van der Waals surface area contributed by atoms with E-state index in [0.717, 1.165) is 17.9 Å². The Labute approximate surface area is 142 Å². The Kier molecular flexibility index (Phi) is 7.30. The Bertz CT molecular complexity index is 487. The molecule has 1 aliphatic rings. The van der Waals surface area contributed by atoms with Crippen LogP contribution in [0.15, 0.2) is 24.3 Å². The van der Waals surface area contributed by atoms with E-state index in [1.807, 2.05) is 12.1 Å². The Hall–Kier alpha value is -1.14. The first-order chi connectivity index (χ1) is 11.2. The minimum atomic E-state index is -0.0783. The van der Waals surface area contributed by atoms with Crippen molar-refractivity contribution in [1.29, 1.82) is 0 Å². The van der Waals surface area contributed by atoms with Crippen LogP contribution in [0, 0.1) is 0 Å². The lowest BCUT2D eigenvalue weighted by Gasteiger charge is -2.38. The van der Waals surface area contributed by atoms with Gasteiger partial charge in [0, 0.05) is 43.9 Å². The van der Waals surface area contributed by atoms with Gasteiger partial charge in [-0.15, -0.1) is 0 Å². The third-order valence-corrected chi connectivity index (χ3v) is 4.55. The molecule has 1 saturated heterocycles. The monoisotopic (exact) mass is 340 g/mol. The number of amides is 1. The van der Waals surface area contributed by atoms with E-state index in [0.29, 0.717) is 39.5 Å². The minimum Gasteiger partial charge on any atom is -0.383 e. The van der Waals surface area contributed by atoms with Gasteiger partial charge in [-0.2, -0.15) is 0 Å². The van der Waals surface area contributed by atoms with Gasteiger partial charge >= 0.3 is 0 Å². The fraction of sp³-hybridized carbons (Fsp3) is 0.588. The van der Waals surface area contributed by atoms with Crippen LogP contribution in [-0.4, -0.2) is 52.5 Å². The second-order valence-corrected chi connectivity index (χ2v) is 6.28. The minimum absolute atomic E-state index is 0.000864. The van der Waals surface area contributed by atoms with Gasteiger partial charge in [-0.3, -0.25) is 4.79 Å². The van der Waals surface area contributed by atoms with Crippen LogP contribution >= 0.6 is 11.6 Å². The first-order valence-electron chi connectivity index (χ1n) is 7.96. The highest BCUT2D eigenvalue weighted by atomic mass is 35.5. The summed E-state index contributed by atoms with van der Waals surface area (Å²) in [4.78, 5) is 12.0. The summed E-state index contributed by atoms with van der Waals surface area (Å²) in [6, 6.07) is 7.91. The molecule has 1 amide bonds. The van der Waals surface area contributed by atoms with Crippen molar-refractivity contribution < 1.29 is 14.3 Å². The van der Waals surface area contributed by atoms with Crippen molar-refractivity contribution in [2.75, 3.05) is 46.6 Å². The van der Waals surface area contributed by atoms with E-state index >= 15 is 0 Å². The maximum absolute atomic E-state index is 12.0. The van der Waals surface area contributed by atoms with Crippen LogP contribution in [0.1, 0.15) is 18.4 Å². The van der Waals surface area contributed by atoms with Crippen LogP contribution in [0.4, 0.5) is 0 Å². The number of hydrogen-bond acceptors (Lipinski definition) is 4. The molecule has 1 aromatic carbocycles. The van der Waals surface area contributed by atoms with E-state index in [1.165, 1.54) is 5.56 Å². The standard InChI is InChI=1S/C17H25ClN2O3/c1-22-11-8-19-12-16(21)20-13-17(6-9-23-10-7-17)14-2-4-15(18)5-3-14/h2-5,19H,6-13H2,1H3,(H,20,21). The summed E-state index contributed by atoms with van der Waals surface area (Å²) in [5.41, 5.74) is 1.13. The van der Waals surface area contributed by atoms with E-state index in [1.54, 1.807) is 7.11 Å². The molecule has 6 heteroatoms. The SMILES string of the molecule is COCCNCC(=O)NCC1(c2ccc(Cl)cc2)CCOCC1. The predicted molar refractivity (Wildman–Crippen MR) is 90.9 cm³/mol. The van der Waals surface area contributed by atoms with Crippen molar-refractivity contribution >= 4 is 17.5 Å². The van der Waals surface area contributed by atoms with Crippen molar-refractivity contribution in [3.8, 4) is 0 Å². The van der Waals surface area contributed by atoms with Gasteiger partial charge in [0.15, 0.2) is 0 Å². The molecule has 0 bridgehead atoms. The smallest absolute Gasteiger partial charge is 0.233 e. The molecular weight excluding hydrogens is 316 g/mol. The van der Waals surface area contributed by atoms with Gasteiger partial charge in [-0.25, -0.2) is 0 Å². The summed E-state index contributed by atoms with van der Waals surface area (Å²) in [5, 5.41) is 6.83. The molecule has 0 atom stereocenters. The van der Waals surface area contributed by atoms with Gasteiger partial charge in [-0.1, -0.05) is 23.7 Å². The summed E-state index contributed by atoms with van der Waals surface area (Å²) < 4.78 is 10.4. The third-order valence-electron chi connectivity index (χ3n) is 4.30. The molecule has 0 radical (unpaired) electrons. The van der Waals surface area contributed by atoms with Crippen LogP contribution in [0.25, 0.3) is 0 Å². The number of hydrogen-bond donors (Lipinski definition) is 2. The van der Waals surface area contributed by atoms with Crippen molar-refractivity contribution in [3.63, 3.8) is 0 Å². The molecule has 2 N–H and O–H groups in total. The van der Waals surface area contributed by atoms with Gasteiger partial charge in [0.1, 0.15) is 0 Å². The summed E-state index contributed by atoms with van der Waals surface area (Å²) in [6.07, 6.45) is 1.79. The summed E-state index contributed by atoms with van der Waals surface area (Å²) in [5.74, 6) is 0.000864. The van der Waals surface area contributed by atoms with Gasteiger partial charge in [0.25, 0.3) is 0 Å². The van der Waals surface area contributed by atoms with E-state index in [-0.39, 0.29) is 11.3 Å². The summed E-state index contributed by atoms with van der Waals surface area (Å²) in [7, 11) is 1.64. The zero-order valence-corrected chi connectivity index (χ0v) is 14.3. The van der Waals surface area contributed by atoms with E-state index in [4.69, 9.17) is 21.1 Å². The molecule has 0 spiro atoms. The molecular formula is C17H25ClN2O3. The molecule has 2 rings (SSSR count). The van der Waals surface area contributed by atoms with Crippen LogP contribution in [0.2, 0.25) is 5.02 Å². The Morgan fingerprint density at radius 1 is 1.30 bits per heavy atom. The normalized spacial score (nSPS) is 17.0. The highest BCUT2D eigenvalue weighted by Crippen LogP contribution is 2.34. The first-order valence-corrected chi connectivity index (χ1v) is 8.34. The van der Waals surface area contributed by atoms with Gasteiger partial charge in [0.05, 0.1) is 13.2 Å². The Morgan fingerprint density at radius 3 is 2.65 bits per heavy atom. The van der Waals surface area contributed by atoms with E-state index < -0.39 is 0 Å². The van der Waals surface area contributed by atoms with Crippen LogP contribution < -0.4 is 10.6 Å². The summed E-state index contributed by atoms with van der Waals surface area (Å²) >= 11 is 5.99. The summed E-state index contributed by atoms with van der Waals surface area (Å²) in [6.45, 7) is 3.61. The molecule has 1 heterocycles. The van der Waals surface area contributed by atoms with Crippen LogP contribution in [0.5, 0.6) is 0 Å². The van der Waals surface area contributed by atoms with E-state index in [9.17, 15) is 4.79 Å². The quantitative estimate of drug-likeness (QED) is 0.708. The number of nitrogens with one attached hydrogen (secondary N) is 2. The Morgan fingerprint density at radius 2 is 2.00 bits per heavy atom. The average Bonchev–Trinajstić information content (AvgIpc) is 2.58. The highest BCUT2D eigenvalue weighted by molar-refractivity contribution is 6.30. The molecule has 0 aliphatic carbocycles. The highest BCUT2D eigenvalue weighted by Gasteiger charge is 2.34. The molecule has 1 aromatic rings. The molecule has 0 saturated carbocycles. The number of ether oxygens (including phenoxy) is 2. The number of benzene rings is 1. The van der Waals surface area contributed by atoms with Crippen molar-refractivity contribution in [1.82, 2.24) is 10.6 Å². The van der Waals surface area contributed by atoms with Crippen molar-refractivity contribution in [3.05, 3.63) is 34.9 Å². The molecule has 128 valence electrons. The zero-order valence-electron chi connectivity index (χ0n) is 13.6. The number of rotatable bonds is 8. The van der Waals surface area contributed by atoms with Gasteiger partial charge in [-0.05, 0) is 30.5 Å². The number of carbonyl (C=O) groups excluding carboxylic acids is 1. The molecule has 0 aromatic heterocycles. The number of carbonyl (C=O) groups is 1. The average molecular weight is 341 g/mol. The lowest BCUT2D eigenvalue weighted by Crippen LogP contribution is -2.46. The second kappa shape index (κ2) is 9.23. The fourth-order valence-electron chi connectivity index (χ4n) is 2.84. The molecule has 5 nitrogen and oxygen atoms in total. The van der Waals surface area contributed by atoms with Crippen LogP contribution in [0.3, 0.4) is 0 Å². The molecule has 1 aliphatic heterocycles. The molecule has 1 fully saturated rings. The molecule has 0 unspecified atom stereocenters. The lowest BCUT2D eigenvalue weighted by molar-refractivity contribution is -0.120. The molecule has 23 heavy (non-hydrogen) atoms. The van der Waals surface area contributed by atoms with Gasteiger partial charge < -0.3 is 20.1 Å². The maximum atomic E-state index is 12.0. The van der Waals surface area contributed by atoms with Crippen molar-refractivity contribution in [2.45, 2.75) is 18.3 Å². The van der Waals surface area contributed by atoms with Gasteiger partial charge in [0.2, 0.25) is 5.91 Å². The topological polar surface area (TPSA) is 59.6 Å². The second-order valence-electron chi connectivity index (χ2n) is 5.85. The largest absolute Gasteiger partial charge is 0.383 e. The lowest BCUT2D eigenvalue weighted by atomic mass is 9.74.